The van der Waals surface area contributed by atoms with Crippen molar-refractivity contribution >= 4 is 11.6 Å². The van der Waals surface area contributed by atoms with Gasteiger partial charge >= 0.3 is 0 Å². The Bertz CT molecular complexity index is 890. The maximum atomic E-state index is 13.7. The molecule has 3 rings (SSSR count). The van der Waals surface area contributed by atoms with E-state index in [9.17, 15) is 13.6 Å². The third-order valence-corrected chi connectivity index (χ3v) is 3.56. The number of ether oxygens (including phenoxy) is 1. The average molecular weight is 359 g/mol. The lowest BCUT2D eigenvalue weighted by atomic mass is 10.1. The van der Waals surface area contributed by atoms with Crippen molar-refractivity contribution in [2.24, 2.45) is 0 Å². The third kappa shape index (κ3) is 4.02. The molecule has 0 fully saturated rings. The molecule has 0 aliphatic carbocycles. The summed E-state index contributed by atoms with van der Waals surface area (Å²) in [6.45, 7) is 0. The number of aromatic nitrogens is 2. The molecule has 0 aliphatic rings. The summed E-state index contributed by atoms with van der Waals surface area (Å²) in [7, 11) is 1.50. The van der Waals surface area contributed by atoms with E-state index in [1.807, 2.05) is 0 Å². The molecule has 6 nitrogen and oxygen atoms in total. The minimum Gasteiger partial charge on any atom is -0.481 e. The molecule has 0 saturated heterocycles. The highest BCUT2D eigenvalue weighted by Crippen LogP contribution is 2.26. The van der Waals surface area contributed by atoms with Crippen LogP contribution in [-0.4, -0.2) is 23.0 Å². The van der Waals surface area contributed by atoms with Crippen LogP contribution in [0.1, 0.15) is 12.3 Å². The van der Waals surface area contributed by atoms with Gasteiger partial charge in [0.05, 0.1) is 30.8 Å². The first-order valence-electron chi connectivity index (χ1n) is 7.76. The van der Waals surface area contributed by atoms with Crippen molar-refractivity contribution < 1.29 is 22.7 Å². The minimum atomic E-state index is -0.738. The Morgan fingerprint density at radius 2 is 1.92 bits per heavy atom. The number of benzene rings is 1. The van der Waals surface area contributed by atoms with Gasteiger partial charge < -0.3 is 14.5 Å². The highest BCUT2D eigenvalue weighted by molar-refractivity contribution is 5.90. The zero-order chi connectivity index (χ0) is 18.5. The SMILES string of the molecule is COc1ccc(NC(=O)CCc2ncc(-c3c(F)cccc3F)o2)cn1. The standard InChI is InChI=1S/C18H15F2N3O3/c1-25-16-7-5-11(9-21-16)23-15(24)6-8-17-22-10-14(26-17)18-12(19)3-2-4-13(18)20/h2-5,7,9-10H,6,8H2,1H3,(H,23,24). The Balaban J connectivity index is 1.60. The summed E-state index contributed by atoms with van der Waals surface area (Å²) < 4.78 is 37.8. The molecule has 1 aromatic carbocycles. The molecule has 1 amide bonds. The fraction of sp³-hybridized carbons (Fsp3) is 0.167. The Labute approximate surface area is 147 Å². The normalized spacial score (nSPS) is 10.6. The molecule has 2 aromatic heterocycles. The zero-order valence-electron chi connectivity index (χ0n) is 13.8. The summed E-state index contributed by atoms with van der Waals surface area (Å²) >= 11 is 0. The van der Waals surface area contributed by atoms with Crippen LogP contribution >= 0.6 is 0 Å². The topological polar surface area (TPSA) is 77.2 Å². The van der Waals surface area contributed by atoms with Gasteiger partial charge in [0.15, 0.2) is 11.7 Å². The van der Waals surface area contributed by atoms with E-state index in [0.29, 0.717) is 11.6 Å². The number of rotatable bonds is 6. The highest BCUT2D eigenvalue weighted by Gasteiger charge is 2.16. The quantitative estimate of drug-likeness (QED) is 0.728. The molecular formula is C18H15F2N3O3. The van der Waals surface area contributed by atoms with E-state index in [2.05, 4.69) is 15.3 Å². The molecule has 2 heterocycles. The maximum absolute atomic E-state index is 13.7. The Morgan fingerprint density at radius 3 is 2.58 bits per heavy atom. The lowest BCUT2D eigenvalue weighted by Crippen LogP contribution is -2.12. The number of nitrogens with zero attached hydrogens (tertiary/aromatic N) is 2. The van der Waals surface area contributed by atoms with E-state index in [1.54, 1.807) is 12.1 Å². The minimum absolute atomic E-state index is 0.0182. The van der Waals surface area contributed by atoms with Crippen LogP contribution in [0.3, 0.4) is 0 Å². The molecule has 26 heavy (non-hydrogen) atoms. The number of methoxy groups -OCH3 is 1. The van der Waals surface area contributed by atoms with Crippen molar-refractivity contribution in [3.63, 3.8) is 0 Å². The van der Waals surface area contributed by atoms with E-state index in [-0.39, 0.29) is 36.0 Å². The predicted molar refractivity (Wildman–Crippen MR) is 89.6 cm³/mol. The molecule has 1 N–H and O–H groups in total. The number of anilines is 1. The van der Waals surface area contributed by atoms with Gasteiger partial charge in [-0.3, -0.25) is 4.79 Å². The molecule has 0 spiro atoms. The first kappa shape index (κ1) is 17.5. The summed E-state index contributed by atoms with van der Waals surface area (Å²) in [5, 5.41) is 2.67. The number of aryl methyl sites for hydroxylation is 1. The molecule has 0 radical (unpaired) electrons. The van der Waals surface area contributed by atoms with E-state index in [0.717, 1.165) is 12.1 Å². The number of pyridine rings is 1. The van der Waals surface area contributed by atoms with Crippen molar-refractivity contribution in [3.8, 4) is 17.2 Å². The number of carbonyl (C=O) groups is 1. The second-order valence-electron chi connectivity index (χ2n) is 5.35. The second-order valence-corrected chi connectivity index (χ2v) is 5.35. The van der Waals surface area contributed by atoms with Gasteiger partial charge in [-0.25, -0.2) is 18.7 Å². The van der Waals surface area contributed by atoms with Crippen LogP contribution in [0.25, 0.3) is 11.3 Å². The van der Waals surface area contributed by atoms with E-state index in [1.165, 1.54) is 25.6 Å². The summed E-state index contributed by atoms with van der Waals surface area (Å²) in [4.78, 5) is 19.9. The molecule has 0 bridgehead atoms. The summed E-state index contributed by atoms with van der Waals surface area (Å²) in [6, 6.07) is 6.82. The molecule has 8 heteroatoms. The molecule has 0 aliphatic heterocycles. The largest absolute Gasteiger partial charge is 0.481 e. The fourth-order valence-electron chi connectivity index (χ4n) is 2.29. The zero-order valence-corrected chi connectivity index (χ0v) is 13.8. The molecule has 3 aromatic rings. The van der Waals surface area contributed by atoms with Crippen molar-refractivity contribution in [1.29, 1.82) is 0 Å². The summed E-state index contributed by atoms with van der Waals surface area (Å²) in [5.74, 6) is -1.11. The van der Waals surface area contributed by atoms with Crippen molar-refractivity contribution in [2.75, 3.05) is 12.4 Å². The van der Waals surface area contributed by atoms with Crippen LogP contribution in [0, 0.1) is 11.6 Å². The lowest BCUT2D eigenvalue weighted by molar-refractivity contribution is -0.116. The van der Waals surface area contributed by atoms with Gasteiger partial charge in [-0.15, -0.1) is 0 Å². The first-order valence-corrected chi connectivity index (χ1v) is 7.76. The van der Waals surface area contributed by atoms with Gasteiger partial charge in [0.1, 0.15) is 11.6 Å². The van der Waals surface area contributed by atoms with Gasteiger partial charge in [0.25, 0.3) is 0 Å². The molecule has 134 valence electrons. The molecule has 0 unspecified atom stereocenters. The van der Waals surface area contributed by atoms with E-state index < -0.39 is 11.6 Å². The van der Waals surface area contributed by atoms with E-state index in [4.69, 9.17) is 9.15 Å². The Kier molecular flexibility index (Phi) is 5.21. The van der Waals surface area contributed by atoms with Gasteiger partial charge in [-0.1, -0.05) is 6.07 Å². The molecular weight excluding hydrogens is 344 g/mol. The van der Waals surface area contributed by atoms with Crippen molar-refractivity contribution in [1.82, 2.24) is 9.97 Å². The van der Waals surface area contributed by atoms with Crippen molar-refractivity contribution in [2.45, 2.75) is 12.8 Å². The number of nitrogens with one attached hydrogen (secondary N) is 1. The highest BCUT2D eigenvalue weighted by atomic mass is 19.1. The summed E-state index contributed by atoms with van der Waals surface area (Å²) in [5.41, 5.74) is 0.248. The van der Waals surface area contributed by atoms with Crippen LogP contribution < -0.4 is 10.1 Å². The smallest absolute Gasteiger partial charge is 0.224 e. The van der Waals surface area contributed by atoms with Crippen LogP contribution in [0.4, 0.5) is 14.5 Å². The fourth-order valence-corrected chi connectivity index (χ4v) is 2.29. The van der Waals surface area contributed by atoms with Gasteiger partial charge in [-0.05, 0) is 18.2 Å². The lowest BCUT2D eigenvalue weighted by Gasteiger charge is -2.04. The van der Waals surface area contributed by atoms with Gasteiger partial charge in [0.2, 0.25) is 11.8 Å². The molecule has 0 saturated carbocycles. The average Bonchev–Trinajstić information content (AvgIpc) is 3.09. The Hall–Kier alpha value is -3.29. The van der Waals surface area contributed by atoms with E-state index >= 15 is 0 Å². The number of carbonyl (C=O) groups excluding carboxylic acids is 1. The third-order valence-electron chi connectivity index (χ3n) is 3.56. The monoisotopic (exact) mass is 359 g/mol. The Morgan fingerprint density at radius 1 is 1.15 bits per heavy atom. The number of hydrogen-bond acceptors (Lipinski definition) is 5. The number of amides is 1. The second kappa shape index (κ2) is 7.73. The number of halogens is 2. The number of hydrogen-bond donors (Lipinski definition) is 1. The van der Waals surface area contributed by atoms with Crippen LogP contribution in [0.15, 0.2) is 47.1 Å². The maximum Gasteiger partial charge on any atom is 0.224 e. The number of oxazole rings is 1. The molecule has 0 atom stereocenters. The summed E-state index contributed by atoms with van der Waals surface area (Å²) in [6.07, 6.45) is 2.99. The van der Waals surface area contributed by atoms with Gasteiger partial charge in [-0.2, -0.15) is 0 Å². The van der Waals surface area contributed by atoms with Crippen LogP contribution in [0.5, 0.6) is 5.88 Å². The van der Waals surface area contributed by atoms with Crippen LogP contribution in [0.2, 0.25) is 0 Å². The predicted octanol–water partition coefficient (Wildman–Crippen LogP) is 3.59. The van der Waals surface area contributed by atoms with Crippen LogP contribution in [-0.2, 0) is 11.2 Å². The van der Waals surface area contributed by atoms with Crippen molar-refractivity contribution in [3.05, 3.63) is 60.3 Å². The van der Waals surface area contributed by atoms with Gasteiger partial charge in [0, 0.05) is 18.9 Å². The first-order chi connectivity index (χ1) is 12.6.